The van der Waals surface area contributed by atoms with Gasteiger partial charge in [0.1, 0.15) is 19.0 Å². The van der Waals surface area contributed by atoms with Crippen LogP contribution in [0.15, 0.2) is 110 Å². The van der Waals surface area contributed by atoms with Gasteiger partial charge in [-0.1, -0.05) is 106 Å². The first-order valence-corrected chi connectivity index (χ1v) is 16.9. The van der Waals surface area contributed by atoms with Crippen LogP contribution in [-0.4, -0.2) is 48.2 Å². The van der Waals surface area contributed by atoms with Gasteiger partial charge in [0, 0.05) is 6.42 Å². The molecule has 0 aliphatic heterocycles. The molecule has 0 fully saturated rings. The maximum absolute atomic E-state index is 13.5. The van der Waals surface area contributed by atoms with Gasteiger partial charge in [0.25, 0.3) is 0 Å². The maximum Gasteiger partial charge on any atom is 0.309 e. The van der Waals surface area contributed by atoms with E-state index in [0.717, 1.165) is 22.4 Å². The number of allylic oxidation sites excluding steroid dienone is 2. The van der Waals surface area contributed by atoms with Gasteiger partial charge < -0.3 is 25.2 Å². The molecule has 3 aromatic rings. The SMILES string of the molecule is C=CC[C@@H](CC(=O)N[C@H](CO)Cc1ccc(OCc2ccccc2)cc1)C(=O)N[C@H](COC(=O)[C@@H](CC=C)Cc1ccccc1)C(C)(C)C. The van der Waals surface area contributed by atoms with Gasteiger partial charge in [-0.25, -0.2) is 0 Å². The summed E-state index contributed by atoms with van der Waals surface area (Å²) in [5.41, 5.74) is 2.59. The number of nitrogens with one attached hydrogen (secondary N) is 2. The Kier molecular flexibility index (Phi) is 15.8. The van der Waals surface area contributed by atoms with Gasteiger partial charge in [-0.05, 0) is 59.9 Å². The highest BCUT2D eigenvalue weighted by Gasteiger charge is 2.32. The van der Waals surface area contributed by atoms with Gasteiger partial charge in [0.05, 0.1) is 30.5 Å². The summed E-state index contributed by atoms with van der Waals surface area (Å²) in [5, 5.41) is 15.9. The van der Waals surface area contributed by atoms with E-state index in [9.17, 15) is 19.5 Å². The van der Waals surface area contributed by atoms with Crippen molar-refractivity contribution in [3.05, 3.63) is 127 Å². The minimum atomic E-state index is -0.690. The van der Waals surface area contributed by atoms with Crippen molar-refractivity contribution in [3.8, 4) is 5.75 Å². The molecule has 262 valence electrons. The molecule has 0 saturated carbocycles. The van der Waals surface area contributed by atoms with E-state index in [0.29, 0.717) is 25.9 Å². The fourth-order valence-corrected chi connectivity index (χ4v) is 5.35. The van der Waals surface area contributed by atoms with Crippen molar-refractivity contribution < 1.29 is 29.0 Å². The summed E-state index contributed by atoms with van der Waals surface area (Å²) in [6, 6.07) is 26.2. The summed E-state index contributed by atoms with van der Waals surface area (Å²) in [5.74, 6) is -1.38. The molecule has 8 nitrogen and oxygen atoms in total. The fraction of sp³-hybridized carbons (Fsp3) is 0.390. The fourth-order valence-electron chi connectivity index (χ4n) is 5.35. The predicted molar refractivity (Wildman–Crippen MR) is 194 cm³/mol. The van der Waals surface area contributed by atoms with Crippen molar-refractivity contribution in [2.45, 2.75) is 71.6 Å². The molecule has 0 unspecified atom stereocenters. The number of rotatable bonds is 20. The van der Waals surface area contributed by atoms with Gasteiger partial charge in [0.15, 0.2) is 0 Å². The quantitative estimate of drug-likeness (QED) is 0.0952. The number of aliphatic hydroxyl groups excluding tert-OH is 1. The van der Waals surface area contributed by atoms with Crippen LogP contribution in [0.1, 0.15) is 56.7 Å². The Labute approximate surface area is 291 Å². The molecule has 0 bridgehead atoms. The summed E-state index contributed by atoms with van der Waals surface area (Å²) >= 11 is 0. The molecule has 0 heterocycles. The normalized spacial score (nSPS) is 13.6. The number of amides is 2. The van der Waals surface area contributed by atoms with Crippen molar-refractivity contribution >= 4 is 17.8 Å². The zero-order chi connectivity index (χ0) is 35.6. The van der Waals surface area contributed by atoms with Crippen LogP contribution in [-0.2, 0) is 38.6 Å². The number of esters is 1. The molecule has 0 saturated heterocycles. The highest BCUT2D eigenvalue weighted by atomic mass is 16.5. The number of benzene rings is 3. The minimum absolute atomic E-state index is 0.00775. The number of carbonyl (C=O) groups is 3. The lowest BCUT2D eigenvalue weighted by Gasteiger charge is -2.32. The summed E-state index contributed by atoms with van der Waals surface area (Å²) in [7, 11) is 0. The molecular formula is C41H52N2O6. The second-order valence-corrected chi connectivity index (χ2v) is 13.5. The maximum atomic E-state index is 13.5. The first-order chi connectivity index (χ1) is 23.5. The van der Waals surface area contributed by atoms with Crippen LogP contribution >= 0.6 is 0 Å². The van der Waals surface area contributed by atoms with Crippen molar-refractivity contribution in [2.24, 2.45) is 17.3 Å². The summed E-state index contributed by atoms with van der Waals surface area (Å²) in [6.07, 6.45) is 4.92. The average Bonchev–Trinajstić information content (AvgIpc) is 3.09. The van der Waals surface area contributed by atoms with E-state index in [-0.39, 0.29) is 49.8 Å². The molecule has 0 aliphatic carbocycles. The highest BCUT2D eigenvalue weighted by molar-refractivity contribution is 5.86. The smallest absolute Gasteiger partial charge is 0.309 e. The number of hydrogen-bond donors (Lipinski definition) is 3. The first-order valence-electron chi connectivity index (χ1n) is 16.9. The molecule has 8 heteroatoms. The molecule has 3 rings (SSSR count). The third-order valence-electron chi connectivity index (χ3n) is 8.36. The number of hydrogen-bond acceptors (Lipinski definition) is 6. The van der Waals surface area contributed by atoms with Crippen LogP contribution in [0, 0.1) is 17.3 Å². The van der Waals surface area contributed by atoms with Crippen molar-refractivity contribution in [2.75, 3.05) is 13.2 Å². The van der Waals surface area contributed by atoms with Crippen molar-refractivity contribution in [3.63, 3.8) is 0 Å². The zero-order valence-electron chi connectivity index (χ0n) is 29.1. The van der Waals surface area contributed by atoms with Crippen LogP contribution in [0.5, 0.6) is 5.75 Å². The molecule has 0 spiro atoms. The van der Waals surface area contributed by atoms with Crippen LogP contribution in [0.25, 0.3) is 0 Å². The minimum Gasteiger partial charge on any atom is -0.489 e. The molecule has 4 atom stereocenters. The van der Waals surface area contributed by atoms with E-state index in [4.69, 9.17) is 9.47 Å². The van der Waals surface area contributed by atoms with E-state index >= 15 is 0 Å². The zero-order valence-corrected chi connectivity index (χ0v) is 29.1. The van der Waals surface area contributed by atoms with Gasteiger partial charge in [-0.15, -0.1) is 13.2 Å². The van der Waals surface area contributed by atoms with Crippen molar-refractivity contribution in [1.29, 1.82) is 0 Å². The summed E-state index contributed by atoms with van der Waals surface area (Å²) in [4.78, 5) is 39.8. The summed E-state index contributed by atoms with van der Waals surface area (Å²) < 4.78 is 11.6. The Morgan fingerprint density at radius 1 is 0.776 bits per heavy atom. The van der Waals surface area contributed by atoms with E-state index in [1.54, 1.807) is 12.2 Å². The second-order valence-electron chi connectivity index (χ2n) is 13.5. The van der Waals surface area contributed by atoms with E-state index in [1.165, 1.54) is 0 Å². The Morgan fingerprint density at radius 2 is 1.35 bits per heavy atom. The molecule has 2 amide bonds. The van der Waals surface area contributed by atoms with Crippen molar-refractivity contribution in [1.82, 2.24) is 10.6 Å². The van der Waals surface area contributed by atoms with Crippen LogP contribution in [0.3, 0.4) is 0 Å². The Balaban J connectivity index is 1.55. The lowest BCUT2D eigenvalue weighted by Crippen LogP contribution is -2.50. The number of carbonyl (C=O) groups excluding carboxylic acids is 3. The van der Waals surface area contributed by atoms with Gasteiger partial charge >= 0.3 is 5.97 Å². The predicted octanol–water partition coefficient (Wildman–Crippen LogP) is 6.38. The van der Waals surface area contributed by atoms with Crippen LogP contribution in [0.4, 0.5) is 0 Å². The van der Waals surface area contributed by atoms with Gasteiger partial charge in [-0.2, -0.15) is 0 Å². The molecule has 0 aromatic heterocycles. The molecule has 0 radical (unpaired) electrons. The molecule has 49 heavy (non-hydrogen) atoms. The molecular weight excluding hydrogens is 616 g/mol. The third kappa shape index (κ3) is 13.8. The number of ether oxygens (including phenoxy) is 2. The van der Waals surface area contributed by atoms with Gasteiger partial charge in [-0.3, -0.25) is 14.4 Å². The van der Waals surface area contributed by atoms with Gasteiger partial charge in [0.2, 0.25) is 11.8 Å². The van der Waals surface area contributed by atoms with Crippen LogP contribution < -0.4 is 15.4 Å². The van der Waals surface area contributed by atoms with E-state index < -0.39 is 23.4 Å². The van der Waals surface area contributed by atoms with E-state index in [2.05, 4.69) is 23.8 Å². The Bertz CT molecular complexity index is 1470. The summed E-state index contributed by atoms with van der Waals surface area (Å²) in [6.45, 7) is 13.6. The third-order valence-corrected chi connectivity index (χ3v) is 8.36. The first kappa shape index (κ1) is 38.8. The molecule has 3 aromatic carbocycles. The number of aliphatic hydroxyl groups is 1. The molecule has 3 N–H and O–H groups in total. The lowest BCUT2D eigenvalue weighted by atomic mass is 9.86. The molecule has 0 aliphatic rings. The standard InChI is InChI=1S/C41H52N2O6/c1-6-14-33(26-38(45)42-35(27-44)25-31-20-22-36(23-21-31)48-28-32-18-12-9-13-19-32)39(46)43-37(41(3,4)5)29-49-40(47)34(15-7-2)24-30-16-10-8-11-17-30/h6-13,16-23,33-35,37,44H,1-2,14-15,24-29H2,3-5H3,(H,42,45)(H,43,46)/t33-,34-,35-,37+/m0/s1. The highest BCUT2D eigenvalue weighted by Crippen LogP contribution is 2.23. The lowest BCUT2D eigenvalue weighted by molar-refractivity contribution is -0.150. The second kappa shape index (κ2) is 20.0. The topological polar surface area (TPSA) is 114 Å². The van der Waals surface area contributed by atoms with Crippen LogP contribution in [0.2, 0.25) is 0 Å². The average molecular weight is 669 g/mol. The monoisotopic (exact) mass is 668 g/mol. The Morgan fingerprint density at radius 3 is 1.92 bits per heavy atom. The Hall–Kier alpha value is -4.69. The van der Waals surface area contributed by atoms with E-state index in [1.807, 2.05) is 106 Å². The largest absolute Gasteiger partial charge is 0.489 e.